The second-order valence-corrected chi connectivity index (χ2v) is 4.40. The lowest BCUT2D eigenvalue weighted by Crippen LogP contribution is -2.15. The van der Waals surface area contributed by atoms with Crippen LogP contribution in [-0.4, -0.2) is 30.1 Å². The van der Waals surface area contributed by atoms with Crippen LogP contribution in [0.4, 0.5) is 0 Å². The number of Topliss-reactive ketones (excluding diaryl/α,β-unsaturated/α-hetero) is 1. The van der Waals surface area contributed by atoms with Crippen LogP contribution in [0.2, 0.25) is 0 Å². The van der Waals surface area contributed by atoms with Crippen molar-refractivity contribution in [3.8, 4) is 6.07 Å². The molecule has 0 N–H and O–H groups in total. The fourth-order valence-electron chi connectivity index (χ4n) is 1.61. The molecule has 0 aliphatic heterocycles. The number of esters is 1. The Balaban J connectivity index is 2.72. The first-order valence-electron chi connectivity index (χ1n) is 6.61. The zero-order chi connectivity index (χ0) is 17.2. The summed E-state index contributed by atoms with van der Waals surface area (Å²) in [5.74, 6) is -1.32. The summed E-state index contributed by atoms with van der Waals surface area (Å²) >= 11 is 0. The summed E-state index contributed by atoms with van der Waals surface area (Å²) in [6.45, 7) is 0.899. The van der Waals surface area contributed by atoms with E-state index in [0.717, 1.165) is 0 Å². The van der Waals surface area contributed by atoms with Gasteiger partial charge in [0, 0.05) is 6.42 Å². The highest BCUT2D eigenvalue weighted by molar-refractivity contribution is 6.19. The highest BCUT2D eigenvalue weighted by Gasteiger charge is 2.16. The quantitative estimate of drug-likeness (QED) is 0.136. The van der Waals surface area contributed by atoms with Gasteiger partial charge in [-0.3, -0.25) is 4.79 Å². The van der Waals surface area contributed by atoms with Crippen molar-refractivity contribution >= 4 is 17.8 Å². The molecule has 0 heterocycles. The lowest BCUT2D eigenvalue weighted by atomic mass is 10.1. The molecule has 0 saturated carbocycles. The minimum absolute atomic E-state index is 0.116. The summed E-state index contributed by atoms with van der Waals surface area (Å²) in [6.07, 6.45) is 1.46. The van der Waals surface area contributed by atoms with E-state index >= 15 is 0 Å². The Morgan fingerprint density at radius 1 is 1.39 bits per heavy atom. The van der Waals surface area contributed by atoms with Crippen molar-refractivity contribution < 1.29 is 24.3 Å². The van der Waals surface area contributed by atoms with Gasteiger partial charge >= 0.3 is 5.97 Å². The molecule has 1 aromatic rings. The SMILES string of the molecule is CC(=O)/C(=C\c1cccc(C#N)c1)C(=O)OCCCO[N+](=O)[O-]. The molecule has 0 aliphatic rings. The third-order valence-corrected chi connectivity index (χ3v) is 2.64. The first-order valence-corrected chi connectivity index (χ1v) is 6.61. The molecule has 0 spiro atoms. The number of carbonyl (C=O) groups is 2. The van der Waals surface area contributed by atoms with Gasteiger partial charge in [-0.1, -0.05) is 12.1 Å². The maximum Gasteiger partial charge on any atom is 0.341 e. The molecule has 0 saturated heterocycles. The molecule has 0 bridgehead atoms. The number of carbonyl (C=O) groups excluding carboxylic acids is 2. The number of hydrogen-bond acceptors (Lipinski definition) is 7. The lowest BCUT2D eigenvalue weighted by molar-refractivity contribution is -0.757. The van der Waals surface area contributed by atoms with Crippen LogP contribution in [0, 0.1) is 21.4 Å². The van der Waals surface area contributed by atoms with Crippen molar-refractivity contribution in [3.63, 3.8) is 0 Å². The average molecular weight is 318 g/mol. The van der Waals surface area contributed by atoms with Crippen LogP contribution >= 0.6 is 0 Å². The number of rotatable bonds is 8. The summed E-state index contributed by atoms with van der Waals surface area (Å²) < 4.78 is 4.88. The maximum atomic E-state index is 11.9. The van der Waals surface area contributed by atoms with Gasteiger partial charge in [-0.25, -0.2) is 4.79 Å². The molecule has 0 amide bonds. The Bertz CT molecular complexity index is 675. The van der Waals surface area contributed by atoms with Gasteiger partial charge in [0.15, 0.2) is 5.78 Å². The van der Waals surface area contributed by atoms with Gasteiger partial charge in [0.2, 0.25) is 0 Å². The highest BCUT2D eigenvalue weighted by Crippen LogP contribution is 2.11. The smallest absolute Gasteiger partial charge is 0.341 e. The van der Waals surface area contributed by atoms with Crippen LogP contribution < -0.4 is 0 Å². The van der Waals surface area contributed by atoms with E-state index in [4.69, 9.17) is 10.00 Å². The first kappa shape index (κ1) is 17.8. The summed E-state index contributed by atoms with van der Waals surface area (Å²) in [5.41, 5.74) is 0.741. The fraction of sp³-hybridized carbons (Fsp3) is 0.267. The molecule has 0 unspecified atom stereocenters. The van der Waals surface area contributed by atoms with Gasteiger partial charge in [-0.2, -0.15) is 5.26 Å². The van der Waals surface area contributed by atoms with E-state index < -0.39 is 16.8 Å². The number of nitrogens with zero attached hydrogens (tertiary/aromatic N) is 2. The van der Waals surface area contributed by atoms with Gasteiger partial charge in [0.25, 0.3) is 5.09 Å². The second-order valence-electron chi connectivity index (χ2n) is 4.40. The van der Waals surface area contributed by atoms with Crippen molar-refractivity contribution in [3.05, 3.63) is 51.1 Å². The van der Waals surface area contributed by atoms with Crippen molar-refractivity contribution in [2.75, 3.05) is 13.2 Å². The number of benzene rings is 1. The Labute approximate surface area is 132 Å². The van der Waals surface area contributed by atoms with Crippen molar-refractivity contribution in [1.29, 1.82) is 5.26 Å². The maximum absolute atomic E-state index is 11.9. The minimum atomic E-state index is -0.940. The first-order chi connectivity index (χ1) is 10.9. The van der Waals surface area contributed by atoms with Crippen LogP contribution in [0.25, 0.3) is 6.08 Å². The Kier molecular flexibility index (Phi) is 6.94. The molecule has 1 aromatic carbocycles. The Hall–Kier alpha value is -3.21. The van der Waals surface area contributed by atoms with Gasteiger partial charge in [-0.05, 0) is 30.7 Å². The van der Waals surface area contributed by atoms with Crippen LogP contribution in [-0.2, 0) is 19.2 Å². The van der Waals surface area contributed by atoms with E-state index in [-0.39, 0.29) is 25.2 Å². The lowest BCUT2D eigenvalue weighted by Gasteiger charge is -2.06. The van der Waals surface area contributed by atoms with Crippen LogP contribution in [0.15, 0.2) is 29.8 Å². The van der Waals surface area contributed by atoms with Gasteiger partial charge in [0.05, 0.1) is 24.8 Å². The van der Waals surface area contributed by atoms with E-state index in [1.165, 1.54) is 19.1 Å². The van der Waals surface area contributed by atoms with E-state index in [0.29, 0.717) is 11.1 Å². The Morgan fingerprint density at radius 2 is 2.13 bits per heavy atom. The molecule has 8 nitrogen and oxygen atoms in total. The van der Waals surface area contributed by atoms with Crippen molar-refractivity contribution in [2.45, 2.75) is 13.3 Å². The normalized spacial score (nSPS) is 10.5. The van der Waals surface area contributed by atoms with Crippen LogP contribution in [0.5, 0.6) is 0 Å². The molecule has 120 valence electrons. The summed E-state index contributed by atoms with van der Waals surface area (Å²) in [7, 11) is 0. The predicted molar refractivity (Wildman–Crippen MR) is 78.3 cm³/mol. The molecule has 8 heteroatoms. The molecular formula is C15H14N2O6. The van der Waals surface area contributed by atoms with Gasteiger partial charge in [0.1, 0.15) is 5.57 Å². The largest absolute Gasteiger partial charge is 0.462 e. The monoisotopic (exact) mass is 318 g/mol. The fourth-order valence-corrected chi connectivity index (χ4v) is 1.61. The molecule has 0 aliphatic carbocycles. The van der Waals surface area contributed by atoms with E-state index in [2.05, 4.69) is 4.84 Å². The van der Waals surface area contributed by atoms with Crippen LogP contribution in [0.1, 0.15) is 24.5 Å². The number of hydrogen-bond donors (Lipinski definition) is 0. The standard InChI is InChI=1S/C15H14N2O6/c1-11(18)14(9-12-4-2-5-13(8-12)10-16)15(19)22-6-3-7-23-17(20)21/h2,4-5,8-9H,3,6-7H2,1H3/b14-9+. The third-order valence-electron chi connectivity index (χ3n) is 2.64. The molecule has 23 heavy (non-hydrogen) atoms. The Morgan fingerprint density at radius 3 is 2.74 bits per heavy atom. The average Bonchev–Trinajstić information content (AvgIpc) is 2.51. The molecular weight excluding hydrogens is 304 g/mol. The van der Waals surface area contributed by atoms with Gasteiger partial charge < -0.3 is 9.57 Å². The van der Waals surface area contributed by atoms with Gasteiger partial charge in [-0.15, -0.1) is 10.1 Å². The molecule has 0 atom stereocenters. The number of ketones is 1. The second kappa shape index (κ2) is 8.94. The van der Waals surface area contributed by atoms with Crippen molar-refractivity contribution in [2.24, 2.45) is 0 Å². The molecule has 0 radical (unpaired) electrons. The summed E-state index contributed by atoms with van der Waals surface area (Å²) in [6, 6.07) is 8.35. The number of nitriles is 1. The topological polar surface area (TPSA) is 120 Å². The summed E-state index contributed by atoms with van der Waals surface area (Å²) in [4.78, 5) is 37.5. The number of ether oxygens (including phenoxy) is 1. The zero-order valence-electron chi connectivity index (χ0n) is 12.4. The molecule has 1 rings (SSSR count). The van der Waals surface area contributed by atoms with E-state index in [1.54, 1.807) is 18.2 Å². The third kappa shape index (κ3) is 6.39. The predicted octanol–water partition coefficient (Wildman–Crippen LogP) is 1.67. The minimum Gasteiger partial charge on any atom is -0.462 e. The zero-order valence-corrected chi connectivity index (χ0v) is 12.4. The van der Waals surface area contributed by atoms with Crippen molar-refractivity contribution in [1.82, 2.24) is 0 Å². The van der Waals surface area contributed by atoms with Crippen LogP contribution in [0.3, 0.4) is 0 Å². The summed E-state index contributed by atoms with van der Waals surface area (Å²) in [5, 5.41) is 17.8. The van der Waals surface area contributed by atoms with E-state index in [1.807, 2.05) is 6.07 Å². The van der Waals surface area contributed by atoms with E-state index in [9.17, 15) is 19.7 Å². The highest BCUT2D eigenvalue weighted by atomic mass is 16.9. The molecule has 0 aromatic heterocycles. The molecule has 0 fully saturated rings.